The number of fused-ring (bicyclic) bond motifs is 2. The lowest BCUT2D eigenvalue weighted by molar-refractivity contribution is 0.392. The average Bonchev–Trinajstić information content (AvgIpc) is 3.01. The summed E-state index contributed by atoms with van der Waals surface area (Å²) in [5, 5.41) is 7.92. The Balaban J connectivity index is 1.57. The third-order valence-electron chi connectivity index (χ3n) is 4.46. The van der Waals surface area contributed by atoms with E-state index in [2.05, 4.69) is 10.6 Å². The number of rotatable bonds is 3. The summed E-state index contributed by atoms with van der Waals surface area (Å²) in [5.74, 6) is 2.39. The van der Waals surface area contributed by atoms with E-state index in [-0.39, 0.29) is 0 Å². The SMILES string of the molecule is COc1ccc(NC(=S)N[C@H]2C[C@H]3CC[C@H]2C3)cc1Cl. The summed E-state index contributed by atoms with van der Waals surface area (Å²) in [5.41, 5.74) is 0.886. The molecule has 3 nitrogen and oxygen atoms in total. The van der Waals surface area contributed by atoms with Gasteiger partial charge in [-0.05, 0) is 61.5 Å². The highest BCUT2D eigenvalue weighted by atomic mass is 35.5. The molecule has 0 aromatic heterocycles. The van der Waals surface area contributed by atoms with Crippen LogP contribution in [0.2, 0.25) is 5.02 Å². The van der Waals surface area contributed by atoms with Crippen molar-refractivity contribution in [3.63, 3.8) is 0 Å². The van der Waals surface area contributed by atoms with E-state index < -0.39 is 0 Å². The lowest BCUT2D eigenvalue weighted by atomic mass is 9.96. The monoisotopic (exact) mass is 310 g/mol. The lowest BCUT2D eigenvalue weighted by Gasteiger charge is -2.24. The van der Waals surface area contributed by atoms with Crippen LogP contribution in [0.1, 0.15) is 25.7 Å². The Morgan fingerprint density at radius 1 is 1.35 bits per heavy atom. The van der Waals surface area contributed by atoms with Crippen LogP contribution in [0.15, 0.2) is 18.2 Å². The van der Waals surface area contributed by atoms with Crippen molar-refractivity contribution < 1.29 is 4.74 Å². The topological polar surface area (TPSA) is 33.3 Å². The molecule has 0 amide bonds. The van der Waals surface area contributed by atoms with E-state index in [1.54, 1.807) is 7.11 Å². The van der Waals surface area contributed by atoms with Crippen molar-refractivity contribution in [2.45, 2.75) is 31.7 Å². The van der Waals surface area contributed by atoms with Gasteiger partial charge in [-0.3, -0.25) is 0 Å². The summed E-state index contributed by atoms with van der Waals surface area (Å²) in [6.07, 6.45) is 5.38. The van der Waals surface area contributed by atoms with Crippen LogP contribution in [0.25, 0.3) is 0 Å². The van der Waals surface area contributed by atoms with Crippen LogP contribution in [0, 0.1) is 11.8 Å². The fraction of sp³-hybridized carbons (Fsp3) is 0.533. The largest absolute Gasteiger partial charge is 0.495 e. The quantitative estimate of drug-likeness (QED) is 0.832. The molecule has 3 atom stereocenters. The molecule has 5 heteroatoms. The average molecular weight is 311 g/mol. The number of ether oxygens (including phenoxy) is 1. The number of anilines is 1. The molecule has 0 saturated heterocycles. The number of halogens is 1. The van der Waals surface area contributed by atoms with Crippen LogP contribution in [0.3, 0.4) is 0 Å². The summed E-state index contributed by atoms with van der Waals surface area (Å²) < 4.78 is 5.14. The second kappa shape index (κ2) is 5.78. The highest BCUT2D eigenvalue weighted by Gasteiger charge is 2.39. The molecule has 2 aliphatic carbocycles. The third kappa shape index (κ3) is 2.86. The van der Waals surface area contributed by atoms with Crippen molar-refractivity contribution in [1.29, 1.82) is 0 Å². The third-order valence-corrected chi connectivity index (χ3v) is 4.98. The molecule has 2 N–H and O–H groups in total. The van der Waals surface area contributed by atoms with E-state index in [1.807, 2.05) is 18.2 Å². The first kappa shape index (κ1) is 14.0. The van der Waals surface area contributed by atoms with Gasteiger partial charge in [-0.15, -0.1) is 0 Å². The van der Waals surface area contributed by atoms with Gasteiger partial charge in [0.05, 0.1) is 12.1 Å². The molecule has 108 valence electrons. The van der Waals surface area contributed by atoms with Gasteiger partial charge in [0.1, 0.15) is 5.75 Å². The molecule has 2 aliphatic rings. The molecule has 0 spiro atoms. The van der Waals surface area contributed by atoms with E-state index >= 15 is 0 Å². The van der Waals surface area contributed by atoms with Gasteiger partial charge in [-0.1, -0.05) is 18.0 Å². The molecule has 2 fully saturated rings. The van der Waals surface area contributed by atoms with E-state index in [4.69, 9.17) is 28.6 Å². The van der Waals surface area contributed by atoms with E-state index in [0.29, 0.717) is 21.9 Å². The van der Waals surface area contributed by atoms with Gasteiger partial charge in [0.15, 0.2) is 5.11 Å². The van der Waals surface area contributed by atoms with Crippen molar-refractivity contribution in [3.8, 4) is 5.75 Å². The van der Waals surface area contributed by atoms with Gasteiger partial charge < -0.3 is 15.4 Å². The fourth-order valence-electron chi connectivity index (χ4n) is 3.50. The predicted molar refractivity (Wildman–Crippen MR) is 86.6 cm³/mol. The number of methoxy groups -OCH3 is 1. The Morgan fingerprint density at radius 3 is 2.80 bits per heavy atom. The Hall–Kier alpha value is -1.00. The van der Waals surface area contributed by atoms with Crippen molar-refractivity contribution in [3.05, 3.63) is 23.2 Å². The molecule has 0 heterocycles. The van der Waals surface area contributed by atoms with Crippen LogP contribution < -0.4 is 15.4 Å². The maximum absolute atomic E-state index is 6.11. The molecular weight excluding hydrogens is 292 g/mol. The molecule has 0 radical (unpaired) electrons. The summed E-state index contributed by atoms with van der Waals surface area (Å²) in [6, 6.07) is 6.13. The molecular formula is C15H19ClN2OS. The zero-order valence-corrected chi connectivity index (χ0v) is 13.1. The smallest absolute Gasteiger partial charge is 0.171 e. The van der Waals surface area contributed by atoms with Crippen LogP contribution in [0.5, 0.6) is 5.75 Å². The zero-order chi connectivity index (χ0) is 14.1. The van der Waals surface area contributed by atoms with Crippen LogP contribution in [0.4, 0.5) is 5.69 Å². The Kier molecular flexibility index (Phi) is 4.03. The molecule has 0 aliphatic heterocycles. The Labute approximate surface area is 130 Å². The van der Waals surface area contributed by atoms with Gasteiger partial charge in [-0.25, -0.2) is 0 Å². The van der Waals surface area contributed by atoms with Crippen molar-refractivity contribution in [2.75, 3.05) is 12.4 Å². The van der Waals surface area contributed by atoms with E-state index in [1.165, 1.54) is 25.7 Å². The van der Waals surface area contributed by atoms with Gasteiger partial charge in [-0.2, -0.15) is 0 Å². The molecule has 2 bridgehead atoms. The Morgan fingerprint density at radius 2 is 2.20 bits per heavy atom. The minimum absolute atomic E-state index is 0.544. The first-order valence-electron chi connectivity index (χ1n) is 7.07. The van der Waals surface area contributed by atoms with Crippen molar-refractivity contribution in [1.82, 2.24) is 5.32 Å². The molecule has 3 rings (SSSR count). The number of thiocarbonyl (C=S) groups is 1. The van der Waals surface area contributed by atoms with Crippen LogP contribution >= 0.6 is 23.8 Å². The number of hydrogen-bond acceptors (Lipinski definition) is 2. The highest BCUT2D eigenvalue weighted by molar-refractivity contribution is 7.80. The van der Waals surface area contributed by atoms with Crippen LogP contribution in [-0.2, 0) is 0 Å². The normalized spacial score (nSPS) is 27.4. The summed E-state index contributed by atoms with van der Waals surface area (Å²) >= 11 is 11.5. The van der Waals surface area contributed by atoms with Crippen molar-refractivity contribution >= 4 is 34.6 Å². The molecule has 1 aromatic rings. The number of nitrogens with one attached hydrogen (secondary N) is 2. The van der Waals surface area contributed by atoms with Gasteiger partial charge in [0.25, 0.3) is 0 Å². The Bertz CT molecular complexity index is 523. The van der Waals surface area contributed by atoms with Gasteiger partial charge >= 0.3 is 0 Å². The number of hydrogen-bond donors (Lipinski definition) is 2. The van der Waals surface area contributed by atoms with Gasteiger partial charge in [0.2, 0.25) is 0 Å². The molecule has 0 unspecified atom stereocenters. The van der Waals surface area contributed by atoms with Crippen LogP contribution in [-0.4, -0.2) is 18.3 Å². The highest BCUT2D eigenvalue weighted by Crippen LogP contribution is 2.44. The fourth-order valence-corrected chi connectivity index (χ4v) is 4.03. The molecule has 20 heavy (non-hydrogen) atoms. The predicted octanol–water partition coefficient (Wildman–Crippen LogP) is 3.82. The van der Waals surface area contributed by atoms with Gasteiger partial charge in [0, 0.05) is 11.7 Å². The zero-order valence-electron chi connectivity index (χ0n) is 11.5. The van der Waals surface area contributed by atoms with Crippen molar-refractivity contribution in [2.24, 2.45) is 11.8 Å². The second-order valence-corrected chi connectivity index (χ2v) is 6.54. The minimum Gasteiger partial charge on any atom is -0.495 e. The minimum atomic E-state index is 0.544. The maximum Gasteiger partial charge on any atom is 0.171 e. The molecule has 2 saturated carbocycles. The summed E-state index contributed by atoms with van der Waals surface area (Å²) in [7, 11) is 1.61. The van der Waals surface area contributed by atoms with E-state index in [0.717, 1.165) is 17.5 Å². The second-order valence-electron chi connectivity index (χ2n) is 5.73. The standard InChI is InChI=1S/C15H19ClN2OS/c1-19-14-5-4-11(8-12(14)16)17-15(20)18-13-7-9-2-3-10(13)6-9/h4-5,8-10,13H,2-3,6-7H2,1H3,(H2,17,18,20)/t9-,10-,13-/m0/s1. The molecule has 1 aromatic carbocycles. The maximum atomic E-state index is 6.11. The first-order chi connectivity index (χ1) is 9.65. The number of benzene rings is 1. The first-order valence-corrected chi connectivity index (χ1v) is 7.85. The lowest BCUT2D eigenvalue weighted by Crippen LogP contribution is -2.40. The summed E-state index contributed by atoms with van der Waals surface area (Å²) in [4.78, 5) is 0. The van der Waals surface area contributed by atoms with E-state index in [9.17, 15) is 0 Å². The summed E-state index contributed by atoms with van der Waals surface area (Å²) in [6.45, 7) is 0.